The lowest BCUT2D eigenvalue weighted by Gasteiger charge is -2.44. The van der Waals surface area contributed by atoms with Gasteiger partial charge < -0.3 is 24.6 Å². The number of methoxy groups -OCH3 is 1. The van der Waals surface area contributed by atoms with Crippen LogP contribution in [0, 0.1) is 12.7 Å². The highest BCUT2D eigenvalue weighted by Gasteiger charge is 2.35. The van der Waals surface area contributed by atoms with Gasteiger partial charge in [-0.3, -0.25) is 19.3 Å². The van der Waals surface area contributed by atoms with Gasteiger partial charge in [-0.15, -0.1) is 0 Å². The number of fused-ring (bicyclic) bond motifs is 1. The van der Waals surface area contributed by atoms with E-state index in [4.69, 9.17) is 4.74 Å². The molecular weight excluding hydrogens is 515 g/mol. The molecule has 2 aromatic carbocycles. The van der Waals surface area contributed by atoms with Gasteiger partial charge in [0.2, 0.25) is 0 Å². The minimum absolute atomic E-state index is 0.0556. The van der Waals surface area contributed by atoms with Crippen LogP contribution < -0.4 is 4.74 Å². The fourth-order valence-corrected chi connectivity index (χ4v) is 5.84. The SMILES string of the molecule is COc1cc2[nH]c(C)c(C(=O)C(=O)N3CC[C@@H](O)C3)c2cc1C(=O)N1C[C@H](C)N(Cc2ccc(F)cc2)C[C@H]1C. The number of hydrogen-bond donors (Lipinski definition) is 2. The van der Waals surface area contributed by atoms with Gasteiger partial charge in [0.25, 0.3) is 17.6 Å². The van der Waals surface area contributed by atoms with Crippen molar-refractivity contribution in [1.29, 1.82) is 0 Å². The molecule has 3 atom stereocenters. The van der Waals surface area contributed by atoms with Crippen LogP contribution in [0.3, 0.4) is 0 Å². The number of β-amino-alcohol motifs (C(OH)–C–C–N with tert-alkyl or cyclic N) is 1. The van der Waals surface area contributed by atoms with Crippen LogP contribution in [0.4, 0.5) is 4.39 Å². The summed E-state index contributed by atoms with van der Waals surface area (Å²) in [5, 5.41) is 10.3. The molecule has 3 heterocycles. The first-order chi connectivity index (χ1) is 19.1. The number of ketones is 1. The van der Waals surface area contributed by atoms with E-state index in [-0.39, 0.29) is 35.9 Å². The maximum atomic E-state index is 13.9. The van der Waals surface area contributed by atoms with Crippen molar-refractivity contribution >= 4 is 28.5 Å². The Hall–Kier alpha value is -3.76. The Kier molecular flexibility index (Phi) is 7.65. The predicted molar refractivity (Wildman–Crippen MR) is 148 cm³/mol. The number of aliphatic hydroxyl groups is 1. The highest BCUT2D eigenvalue weighted by Crippen LogP contribution is 2.32. The van der Waals surface area contributed by atoms with Gasteiger partial charge in [0.05, 0.1) is 29.9 Å². The maximum Gasteiger partial charge on any atom is 0.295 e. The first-order valence-electron chi connectivity index (χ1n) is 13.6. The van der Waals surface area contributed by atoms with E-state index in [1.54, 1.807) is 31.2 Å². The summed E-state index contributed by atoms with van der Waals surface area (Å²) in [6.07, 6.45) is -0.190. The summed E-state index contributed by atoms with van der Waals surface area (Å²) in [6.45, 7) is 8.00. The van der Waals surface area contributed by atoms with E-state index in [1.165, 1.54) is 24.1 Å². The molecule has 2 aliphatic heterocycles. The average molecular weight is 551 g/mol. The van der Waals surface area contributed by atoms with Crippen LogP contribution in [-0.4, -0.2) is 93.9 Å². The smallest absolute Gasteiger partial charge is 0.295 e. The lowest BCUT2D eigenvalue weighted by Crippen LogP contribution is -2.57. The van der Waals surface area contributed by atoms with Gasteiger partial charge in [-0.05, 0) is 51.0 Å². The second-order valence-corrected chi connectivity index (χ2v) is 11.0. The van der Waals surface area contributed by atoms with Gasteiger partial charge in [-0.25, -0.2) is 4.39 Å². The van der Waals surface area contributed by atoms with Gasteiger partial charge in [0.15, 0.2) is 0 Å². The second kappa shape index (κ2) is 11.0. The van der Waals surface area contributed by atoms with Crippen molar-refractivity contribution in [2.45, 2.75) is 51.9 Å². The van der Waals surface area contributed by atoms with Crippen LogP contribution in [0.5, 0.6) is 5.75 Å². The summed E-state index contributed by atoms with van der Waals surface area (Å²) in [5.74, 6) is -1.44. The van der Waals surface area contributed by atoms with Gasteiger partial charge in [0.1, 0.15) is 11.6 Å². The molecule has 1 aromatic heterocycles. The molecule has 0 bridgehead atoms. The molecule has 2 aliphatic rings. The minimum Gasteiger partial charge on any atom is -0.496 e. The number of aryl methyl sites for hydroxylation is 1. The molecule has 0 spiro atoms. The summed E-state index contributed by atoms with van der Waals surface area (Å²) < 4.78 is 18.9. The van der Waals surface area contributed by atoms with E-state index < -0.39 is 17.8 Å². The quantitative estimate of drug-likeness (QED) is 0.361. The normalized spacial score (nSPS) is 21.7. The molecule has 0 radical (unpaired) electrons. The van der Waals surface area contributed by atoms with Crippen LogP contribution in [0.2, 0.25) is 0 Å². The first-order valence-corrected chi connectivity index (χ1v) is 13.6. The number of piperazine rings is 1. The number of halogens is 1. The number of carbonyl (C=O) groups excluding carboxylic acids is 3. The number of nitrogens with one attached hydrogen (secondary N) is 1. The molecule has 212 valence electrons. The summed E-state index contributed by atoms with van der Waals surface area (Å²) in [4.78, 5) is 48.8. The molecule has 0 saturated carbocycles. The number of rotatable bonds is 6. The minimum atomic E-state index is -0.669. The van der Waals surface area contributed by atoms with Crippen molar-refractivity contribution in [3.05, 3.63) is 64.6 Å². The molecule has 5 rings (SSSR count). The highest BCUT2D eigenvalue weighted by atomic mass is 19.1. The number of carbonyl (C=O) groups is 3. The standard InChI is InChI=1S/C30H35FN4O5/c1-17-14-35(18(2)13-34(17)15-20-5-7-21(31)8-6-20)29(38)24-11-23-25(12-26(24)40-4)32-19(3)27(23)28(37)30(39)33-10-9-22(36)16-33/h5-8,11-12,17-18,22,32,36H,9-10,13-16H2,1-4H3/t17-,18+,22+/m0/s1. The molecule has 40 heavy (non-hydrogen) atoms. The number of nitrogens with zero attached hydrogens (tertiary/aromatic N) is 3. The average Bonchev–Trinajstić information content (AvgIpc) is 3.51. The van der Waals surface area contributed by atoms with Crippen molar-refractivity contribution in [1.82, 2.24) is 19.7 Å². The number of ether oxygens (including phenoxy) is 1. The summed E-state index contributed by atoms with van der Waals surface area (Å²) in [5.41, 5.74) is 2.66. The Labute approximate surface area is 232 Å². The van der Waals surface area contributed by atoms with Crippen LogP contribution >= 0.6 is 0 Å². The maximum absolute atomic E-state index is 13.9. The second-order valence-electron chi connectivity index (χ2n) is 11.0. The monoisotopic (exact) mass is 550 g/mol. The van der Waals surface area contributed by atoms with Crippen molar-refractivity contribution < 1.29 is 28.6 Å². The summed E-state index contributed by atoms with van der Waals surface area (Å²) >= 11 is 0. The van der Waals surface area contributed by atoms with E-state index in [0.29, 0.717) is 60.5 Å². The third kappa shape index (κ3) is 5.21. The zero-order valence-electron chi connectivity index (χ0n) is 23.2. The Morgan fingerprint density at radius 1 is 1.07 bits per heavy atom. The molecule has 0 aliphatic carbocycles. The van der Waals surface area contributed by atoms with E-state index in [9.17, 15) is 23.9 Å². The fraction of sp³-hybridized carbons (Fsp3) is 0.433. The van der Waals surface area contributed by atoms with E-state index in [2.05, 4.69) is 16.8 Å². The Balaban J connectivity index is 1.41. The van der Waals surface area contributed by atoms with E-state index >= 15 is 0 Å². The summed E-state index contributed by atoms with van der Waals surface area (Å²) in [7, 11) is 1.49. The Morgan fingerprint density at radius 2 is 1.80 bits per heavy atom. The fourth-order valence-electron chi connectivity index (χ4n) is 5.84. The van der Waals surface area contributed by atoms with Crippen LogP contribution in [0.1, 0.15) is 52.2 Å². The highest BCUT2D eigenvalue weighted by molar-refractivity contribution is 6.45. The largest absolute Gasteiger partial charge is 0.496 e. The number of benzene rings is 2. The van der Waals surface area contributed by atoms with Gasteiger partial charge in [-0.2, -0.15) is 0 Å². The molecule has 3 aromatic rings. The number of Topliss-reactive ketones (excluding diaryl/α,β-unsaturated/α-hetero) is 1. The molecule has 2 amide bonds. The number of likely N-dealkylation sites (tertiary alicyclic amines) is 1. The first kappa shape index (κ1) is 27.8. The van der Waals surface area contributed by atoms with Crippen LogP contribution in [-0.2, 0) is 11.3 Å². The zero-order valence-corrected chi connectivity index (χ0v) is 23.2. The van der Waals surface area contributed by atoms with Gasteiger partial charge in [0, 0.05) is 62.0 Å². The molecular formula is C30H35FN4O5. The van der Waals surface area contributed by atoms with E-state index in [1.807, 2.05) is 11.8 Å². The molecule has 0 unspecified atom stereocenters. The number of H-pyrrole nitrogens is 1. The third-order valence-corrected chi connectivity index (χ3v) is 8.08. The molecule has 2 fully saturated rings. The number of aliphatic hydroxyl groups excluding tert-OH is 1. The Morgan fingerprint density at radius 3 is 2.45 bits per heavy atom. The third-order valence-electron chi connectivity index (χ3n) is 8.08. The predicted octanol–water partition coefficient (Wildman–Crippen LogP) is 3.13. The molecule has 10 heteroatoms. The molecule has 2 N–H and O–H groups in total. The number of aromatic amines is 1. The van der Waals surface area contributed by atoms with Crippen molar-refractivity contribution in [2.75, 3.05) is 33.3 Å². The Bertz CT molecular complexity index is 1450. The van der Waals surface area contributed by atoms with Crippen molar-refractivity contribution in [2.24, 2.45) is 0 Å². The number of amides is 2. The van der Waals surface area contributed by atoms with Gasteiger partial charge >= 0.3 is 0 Å². The topological polar surface area (TPSA) is 106 Å². The molecule has 2 saturated heterocycles. The lowest BCUT2D eigenvalue weighted by atomic mass is 10.0. The number of hydrogen-bond acceptors (Lipinski definition) is 6. The summed E-state index contributed by atoms with van der Waals surface area (Å²) in [6, 6.07) is 9.74. The van der Waals surface area contributed by atoms with Crippen LogP contribution in [0.15, 0.2) is 36.4 Å². The van der Waals surface area contributed by atoms with Crippen LogP contribution in [0.25, 0.3) is 10.9 Å². The zero-order chi connectivity index (χ0) is 28.7. The van der Waals surface area contributed by atoms with Gasteiger partial charge in [-0.1, -0.05) is 12.1 Å². The van der Waals surface area contributed by atoms with Crippen molar-refractivity contribution in [3.8, 4) is 5.75 Å². The lowest BCUT2D eigenvalue weighted by molar-refractivity contribution is -0.125. The van der Waals surface area contributed by atoms with Crippen molar-refractivity contribution in [3.63, 3.8) is 0 Å². The molecule has 9 nitrogen and oxygen atoms in total. The van der Waals surface area contributed by atoms with E-state index in [0.717, 1.165) is 5.56 Å². The number of aromatic nitrogens is 1.